The predicted molar refractivity (Wildman–Crippen MR) is 142 cm³/mol. The Balaban J connectivity index is 1.53. The topological polar surface area (TPSA) is 85.6 Å². The number of hydrogen-bond donors (Lipinski definition) is 2. The predicted octanol–water partition coefficient (Wildman–Crippen LogP) is 6.07. The van der Waals surface area contributed by atoms with Crippen LogP contribution >= 0.6 is 12.2 Å². The molecule has 4 aromatic rings. The number of carbonyl (C=O) groups excluding carboxylic acids is 1. The number of amides is 1. The second-order valence-electron chi connectivity index (χ2n) is 8.41. The fourth-order valence-electron chi connectivity index (χ4n) is 3.63. The molecule has 1 heterocycles. The van der Waals surface area contributed by atoms with Gasteiger partial charge in [0.05, 0.1) is 19.8 Å². The van der Waals surface area contributed by atoms with Crippen molar-refractivity contribution >= 4 is 40.0 Å². The van der Waals surface area contributed by atoms with E-state index in [1.54, 1.807) is 25.3 Å². The van der Waals surface area contributed by atoms with Crippen LogP contribution < -0.4 is 20.1 Å². The molecule has 0 fully saturated rings. The first-order chi connectivity index (χ1) is 16.8. The quantitative estimate of drug-likeness (QED) is 0.318. The van der Waals surface area contributed by atoms with Gasteiger partial charge in [-0.2, -0.15) is 0 Å². The maximum atomic E-state index is 12.8. The Morgan fingerprint density at radius 1 is 1.03 bits per heavy atom. The van der Waals surface area contributed by atoms with E-state index in [9.17, 15) is 4.79 Å². The molecule has 3 aromatic carbocycles. The molecule has 0 radical (unpaired) electrons. The number of anilines is 1. The van der Waals surface area contributed by atoms with Crippen LogP contribution in [0.3, 0.4) is 0 Å². The van der Waals surface area contributed by atoms with Crippen LogP contribution in [-0.2, 0) is 0 Å². The van der Waals surface area contributed by atoms with Gasteiger partial charge in [-0.1, -0.05) is 26.0 Å². The zero-order valence-electron chi connectivity index (χ0n) is 20.3. The Hall–Kier alpha value is -3.91. The lowest BCUT2D eigenvalue weighted by molar-refractivity contribution is 0.0974. The van der Waals surface area contributed by atoms with Crippen molar-refractivity contribution in [3.8, 4) is 23.0 Å². The number of nitrogens with one attached hydrogen (secondary N) is 2. The van der Waals surface area contributed by atoms with Gasteiger partial charge in [-0.15, -0.1) is 0 Å². The molecule has 0 atom stereocenters. The Bertz CT molecular complexity index is 1410. The van der Waals surface area contributed by atoms with E-state index in [1.807, 2.05) is 31.2 Å². The summed E-state index contributed by atoms with van der Waals surface area (Å²) in [5.74, 6) is 1.51. The van der Waals surface area contributed by atoms with Gasteiger partial charge in [-0.3, -0.25) is 10.1 Å². The second kappa shape index (κ2) is 10.1. The van der Waals surface area contributed by atoms with Gasteiger partial charge < -0.3 is 19.2 Å². The minimum absolute atomic E-state index is 0.160. The van der Waals surface area contributed by atoms with E-state index in [-0.39, 0.29) is 5.11 Å². The first kappa shape index (κ1) is 24.2. The molecule has 0 aliphatic rings. The van der Waals surface area contributed by atoms with Crippen LogP contribution in [0.1, 0.15) is 41.3 Å². The van der Waals surface area contributed by atoms with Crippen molar-refractivity contribution in [1.82, 2.24) is 10.3 Å². The van der Waals surface area contributed by atoms with Crippen LogP contribution in [0.25, 0.3) is 22.6 Å². The van der Waals surface area contributed by atoms with Crippen LogP contribution in [0.4, 0.5) is 5.69 Å². The molecule has 0 spiro atoms. The Kier molecular flexibility index (Phi) is 7.02. The molecule has 2 N–H and O–H groups in total. The van der Waals surface area contributed by atoms with Crippen molar-refractivity contribution in [2.75, 3.05) is 19.5 Å². The highest BCUT2D eigenvalue weighted by atomic mass is 32.1. The van der Waals surface area contributed by atoms with Crippen molar-refractivity contribution in [2.45, 2.75) is 26.7 Å². The molecule has 0 bridgehead atoms. The van der Waals surface area contributed by atoms with E-state index in [2.05, 4.69) is 41.6 Å². The zero-order chi connectivity index (χ0) is 25.1. The van der Waals surface area contributed by atoms with Gasteiger partial charge in [0, 0.05) is 17.3 Å². The summed E-state index contributed by atoms with van der Waals surface area (Å²) < 4.78 is 16.5. The summed E-state index contributed by atoms with van der Waals surface area (Å²) in [4.78, 5) is 17.5. The van der Waals surface area contributed by atoms with Gasteiger partial charge in [-0.25, -0.2) is 4.98 Å². The highest BCUT2D eigenvalue weighted by Crippen LogP contribution is 2.30. The Morgan fingerprint density at radius 3 is 2.54 bits per heavy atom. The molecule has 0 unspecified atom stereocenters. The summed E-state index contributed by atoms with van der Waals surface area (Å²) in [6.07, 6.45) is 0. The number of methoxy groups -OCH3 is 2. The number of benzene rings is 3. The Morgan fingerprint density at radius 2 is 1.83 bits per heavy atom. The van der Waals surface area contributed by atoms with Gasteiger partial charge in [0.1, 0.15) is 17.0 Å². The summed E-state index contributed by atoms with van der Waals surface area (Å²) in [6, 6.07) is 16.8. The van der Waals surface area contributed by atoms with E-state index < -0.39 is 5.91 Å². The molecule has 180 valence electrons. The molecule has 8 heteroatoms. The van der Waals surface area contributed by atoms with E-state index in [4.69, 9.17) is 26.1 Å². The third-order valence-corrected chi connectivity index (χ3v) is 5.90. The summed E-state index contributed by atoms with van der Waals surface area (Å²) in [5.41, 5.74) is 5.58. The van der Waals surface area contributed by atoms with Crippen molar-refractivity contribution < 1.29 is 18.7 Å². The number of rotatable bonds is 6. The standard InChI is InChI=1S/C27H27N3O4S/c1-15(2)17-8-11-23-22(12-17)28-26(34-23)18-7-6-16(3)21(13-18)29-27(35)30-25(31)20-10-9-19(32-4)14-24(20)33-5/h6-15H,1-5H3,(H2,29,30,31,35). The number of nitrogens with zero attached hydrogens (tertiary/aromatic N) is 1. The first-order valence-electron chi connectivity index (χ1n) is 11.1. The first-order valence-corrected chi connectivity index (χ1v) is 11.6. The third-order valence-electron chi connectivity index (χ3n) is 5.69. The van der Waals surface area contributed by atoms with Crippen molar-refractivity contribution in [3.05, 3.63) is 71.3 Å². The molecule has 1 aromatic heterocycles. The lowest BCUT2D eigenvalue weighted by atomic mass is 10.0. The van der Waals surface area contributed by atoms with Gasteiger partial charge in [0.15, 0.2) is 10.7 Å². The third kappa shape index (κ3) is 5.27. The number of fused-ring (bicyclic) bond motifs is 1. The van der Waals surface area contributed by atoms with Gasteiger partial charge in [0.2, 0.25) is 5.89 Å². The van der Waals surface area contributed by atoms with Gasteiger partial charge in [-0.05, 0) is 72.6 Å². The number of ether oxygens (including phenoxy) is 2. The number of hydrogen-bond acceptors (Lipinski definition) is 6. The van der Waals surface area contributed by atoms with Crippen molar-refractivity contribution in [3.63, 3.8) is 0 Å². The number of thiocarbonyl (C=S) groups is 1. The van der Waals surface area contributed by atoms with Crippen LogP contribution in [-0.4, -0.2) is 30.2 Å². The summed E-state index contributed by atoms with van der Waals surface area (Å²) in [7, 11) is 3.04. The number of aryl methyl sites for hydroxylation is 1. The maximum Gasteiger partial charge on any atom is 0.261 e. The monoisotopic (exact) mass is 489 g/mol. The fourth-order valence-corrected chi connectivity index (χ4v) is 3.83. The van der Waals surface area contributed by atoms with E-state index in [1.165, 1.54) is 12.7 Å². The highest BCUT2D eigenvalue weighted by Gasteiger charge is 2.16. The number of aromatic nitrogens is 1. The van der Waals surface area contributed by atoms with Gasteiger partial charge in [0.25, 0.3) is 5.91 Å². The molecule has 4 rings (SSSR count). The number of oxazole rings is 1. The minimum Gasteiger partial charge on any atom is -0.497 e. The Labute approximate surface area is 209 Å². The molecule has 35 heavy (non-hydrogen) atoms. The van der Waals surface area contributed by atoms with E-state index >= 15 is 0 Å². The van der Waals surface area contributed by atoms with Crippen LogP contribution in [0.15, 0.2) is 59.0 Å². The second-order valence-corrected chi connectivity index (χ2v) is 8.81. The van der Waals surface area contributed by atoms with Crippen LogP contribution in [0, 0.1) is 6.92 Å². The summed E-state index contributed by atoms with van der Waals surface area (Å²) >= 11 is 5.40. The lowest BCUT2D eigenvalue weighted by Gasteiger charge is -2.14. The molecule has 1 amide bonds. The molecule has 0 saturated heterocycles. The molecular weight excluding hydrogens is 462 g/mol. The maximum absolute atomic E-state index is 12.8. The minimum atomic E-state index is -0.393. The van der Waals surface area contributed by atoms with Crippen molar-refractivity contribution in [2.24, 2.45) is 0 Å². The fraction of sp³-hybridized carbons (Fsp3) is 0.222. The summed E-state index contributed by atoms with van der Waals surface area (Å²) in [6.45, 7) is 6.24. The smallest absolute Gasteiger partial charge is 0.261 e. The largest absolute Gasteiger partial charge is 0.497 e. The zero-order valence-corrected chi connectivity index (χ0v) is 21.1. The van der Waals surface area contributed by atoms with E-state index in [0.717, 1.165) is 27.9 Å². The van der Waals surface area contributed by atoms with E-state index in [0.29, 0.717) is 28.9 Å². The highest BCUT2D eigenvalue weighted by molar-refractivity contribution is 7.80. The lowest BCUT2D eigenvalue weighted by Crippen LogP contribution is -2.34. The number of carbonyl (C=O) groups is 1. The molecule has 0 aliphatic carbocycles. The normalized spacial score (nSPS) is 10.9. The van der Waals surface area contributed by atoms with Crippen LogP contribution in [0.2, 0.25) is 0 Å². The van der Waals surface area contributed by atoms with Gasteiger partial charge >= 0.3 is 0 Å². The average molecular weight is 490 g/mol. The molecule has 7 nitrogen and oxygen atoms in total. The summed E-state index contributed by atoms with van der Waals surface area (Å²) in [5, 5.41) is 5.97. The molecule has 0 saturated carbocycles. The SMILES string of the molecule is COc1ccc(C(=O)NC(=S)Nc2cc(-c3nc4cc(C(C)C)ccc4o3)ccc2C)c(OC)c1. The van der Waals surface area contributed by atoms with Crippen LogP contribution in [0.5, 0.6) is 11.5 Å². The van der Waals surface area contributed by atoms with Crippen molar-refractivity contribution in [1.29, 1.82) is 0 Å². The molecular formula is C27H27N3O4S. The molecule has 0 aliphatic heterocycles. The average Bonchev–Trinajstić information content (AvgIpc) is 3.28.